The Balaban J connectivity index is 2.63. The summed E-state index contributed by atoms with van der Waals surface area (Å²) in [6, 6.07) is 5.71. The van der Waals surface area contributed by atoms with Crippen molar-refractivity contribution in [2.45, 2.75) is 0 Å². The lowest BCUT2D eigenvalue weighted by Crippen LogP contribution is -2.25. The van der Waals surface area contributed by atoms with Gasteiger partial charge in [-0.25, -0.2) is 23.6 Å². The number of carbonyl (C=O) groups is 1. The summed E-state index contributed by atoms with van der Waals surface area (Å²) in [5.74, 6) is -1.05. The van der Waals surface area contributed by atoms with Crippen LogP contribution in [0.15, 0.2) is 33.9 Å². The van der Waals surface area contributed by atoms with Gasteiger partial charge in [-0.3, -0.25) is 0 Å². The molecule has 0 aliphatic carbocycles. The van der Waals surface area contributed by atoms with E-state index in [0.717, 1.165) is 9.25 Å². The van der Waals surface area contributed by atoms with E-state index in [9.17, 15) is 14.4 Å². The molecule has 0 bridgehead atoms. The van der Waals surface area contributed by atoms with Crippen molar-refractivity contribution in [3.63, 3.8) is 0 Å². The Kier molecular flexibility index (Phi) is 2.66. The van der Waals surface area contributed by atoms with Crippen molar-refractivity contribution in [2.24, 2.45) is 14.1 Å². The van der Waals surface area contributed by atoms with Crippen LogP contribution in [-0.2, 0) is 14.1 Å². The van der Waals surface area contributed by atoms with Gasteiger partial charge in [-0.15, -0.1) is 0 Å². The smallest absolute Gasteiger partial charge is 0.351 e. The molecule has 18 heavy (non-hydrogen) atoms. The van der Waals surface area contributed by atoms with Gasteiger partial charge in [0.2, 0.25) is 0 Å². The molecule has 0 unspecified atom stereocenters. The summed E-state index contributed by atoms with van der Waals surface area (Å²) in [7, 11) is 2.85. The number of carboxylic acids is 1. The summed E-state index contributed by atoms with van der Waals surface area (Å²) >= 11 is 0. The first kappa shape index (κ1) is 11.9. The van der Waals surface area contributed by atoms with E-state index in [0.29, 0.717) is 5.69 Å². The molecular formula is C11H11N3O4. The highest BCUT2D eigenvalue weighted by molar-refractivity contribution is 5.87. The second-order valence-electron chi connectivity index (χ2n) is 3.81. The summed E-state index contributed by atoms with van der Waals surface area (Å²) in [5, 5.41) is 8.78. The van der Waals surface area contributed by atoms with E-state index in [1.165, 1.54) is 43.0 Å². The summed E-state index contributed by atoms with van der Waals surface area (Å²) < 4.78 is 3.32. The fourth-order valence-corrected chi connectivity index (χ4v) is 1.68. The Hall–Kier alpha value is -2.57. The van der Waals surface area contributed by atoms with Crippen LogP contribution in [0.25, 0.3) is 5.69 Å². The van der Waals surface area contributed by atoms with Crippen molar-refractivity contribution >= 4 is 5.97 Å². The number of aromatic nitrogens is 3. The van der Waals surface area contributed by atoms with Crippen molar-refractivity contribution < 1.29 is 9.90 Å². The molecule has 0 amide bonds. The molecule has 7 heteroatoms. The highest BCUT2D eigenvalue weighted by atomic mass is 16.4. The Bertz CT molecular complexity index is 718. The van der Waals surface area contributed by atoms with Crippen LogP contribution < -0.4 is 11.4 Å². The van der Waals surface area contributed by atoms with Gasteiger partial charge in [0.1, 0.15) is 0 Å². The van der Waals surface area contributed by atoms with E-state index in [-0.39, 0.29) is 5.56 Å². The van der Waals surface area contributed by atoms with Crippen molar-refractivity contribution in [3.05, 3.63) is 50.8 Å². The second-order valence-corrected chi connectivity index (χ2v) is 3.81. The maximum absolute atomic E-state index is 11.8. The zero-order valence-corrected chi connectivity index (χ0v) is 9.82. The van der Waals surface area contributed by atoms with E-state index in [1.807, 2.05) is 0 Å². The van der Waals surface area contributed by atoms with Crippen LogP contribution in [0.5, 0.6) is 0 Å². The summed E-state index contributed by atoms with van der Waals surface area (Å²) in [6.45, 7) is 0. The maximum atomic E-state index is 11.8. The minimum atomic E-state index is -1.05. The number of aromatic carboxylic acids is 1. The molecule has 1 aromatic heterocycles. The third kappa shape index (κ3) is 1.65. The van der Waals surface area contributed by atoms with Crippen molar-refractivity contribution in [1.82, 2.24) is 13.9 Å². The van der Waals surface area contributed by atoms with Crippen LogP contribution >= 0.6 is 0 Å². The van der Waals surface area contributed by atoms with Gasteiger partial charge in [0.05, 0.1) is 11.3 Å². The van der Waals surface area contributed by atoms with Crippen LogP contribution in [0.2, 0.25) is 0 Å². The molecule has 0 spiro atoms. The molecule has 94 valence electrons. The quantitative estimate of drug-likeness (QED) is 0.782. The molecule has 0 saturated heterocycles. The zero-order chi connectivity index (χ0) is 13.4. The molecule has 1 aromatic carbocycles. The maximum Gasteiger partial charge on any atom is 0.351 e. The van der Waals surface area contributed by atoms with Crippen LogP contribution in [0, 0.1) is 0 Å². The third-order valence-electron chi connectivity index (χ3n) is 2.69. The van der Waals surface area contributed by atoms with Gasteiger partial charge in [0, 0.05) is 14.1 Å². The highest BCUT2D eigenvalue weighted by Gasteiger charge is 2.12. The summed E-state index contributed by atoms with van der Waals surface area (Å²) in [4.78, 5) is 34.1. The lowest BCUT2D eigenvalue weighted by molar-refractivity contribution is 0.0697. The normalized spacial score (nSPS) is 10.6. The van der Waals surface area contributed by atoms with Crippen LogP contribution in [0.1, 0.15) is 10.4 Å². The molecule has 0 saturated carbocycles. The molecule has 7 nitrogen and oxygen atoms in total. The van der Waals surface area contributed by atoms with Gasteiger partial charge in [-0.05, 0) is 24.3 Å². The van der Waals surface area contributed by atoms with Crippen molar-refractivity contribution in [2.75, 3.05) is 0 Å². The highest BCUT2D eigenvalue weighted by Crippen LogP contribution is 2.06. The van der Waals surface area contributed by atoms with E-state index >= 15 is 0 Å². The average Bonchev–Trinajstić information content (AvgIpc) is 2.54. The minimum Gasteiger partial charge on any atom is -0.478 e. The lowest BCUT2D eigenvalue weighted by atomic mass is 10.2. The largest absolute Gasteiger partial charge is 0.478 e. The zero-order valence-electron chi connectivity index (χ0n) is 9.82. The first-order valence-corrected chi connectivity index (χ1v) is 5.12. The summed E-state index contributed by atoms with van der Waals surface area (Å²) in [6.07, 6.45) is 0. The molecular weight excluding hydrogens is 238 g/mol. The van der Waals surface area contributed by atoms with Crippen molar-refractivity contribution in [1.29, 1.82) is 0 Å². The number of nitrogens with zero attached hydrogens (tertiary/aromatic N) is 3. The lowest BCUT2D eigenvalue weighted by Gasteiger charge is -2.04. The Morgan fingerprint density at radius 1 is 1.06 bits per heavy atom. The van der Waals surface area contributed by atoms with Crippen LogP contribution in [0.4, 0.5) is 0 Å². The first-order valence-electron chi connectivity index (χ1n) is 5.12. The minimum absolute atomic E-state index is 0.118. The molecule has 0 atom stereocenters. The molecule has 0 radical (unpaired) electrons. The number of hydrogen-bond donors (Lipinski definition) is 1. The predicted octanol–water partition coefficient (Wildman–Crippen LogP) is -0.427. The number of carboxylic acid groups (broad SMARTS) is 1. The molecule has 0 fully saturated rings. The topological polar surface area (TPSA) is 86.2 Å². The fourth-order valence-electron chi connectivity index (χ4n) is 1.68. The third-order valence-corrected chi connectivity index (χ3v) is 2.69. The van der Waals surface area contributed by atoms with E-state index in [1.54, 1.807) is 0 Å². The second kappa shape index (κ2) is 4.02. The number of hydrogen-bond acceptors (Lipinski definition) is 3. The molecule has 0 aliphatic heterocycles. The van der Waals surface area contributed by atoms with E-state index in [2.05, 4.69) is 0 Å². The monoisotopic (exact) mass is 249 g/mol. The Morgan fingerprint density at radius 2 is 1.61 bits per heavy atom. The fraction of sp³-hybridized carbons (Fsp3) is 0.182. The van der Waals surface area contributed by atoms with Crippen molar-refractivity contribution in [3.8, 4) is 5.69 Å². The number of rotatable bonds is 2. The molecule has 0 aliphatic rings. The van der Waals surface area contributed by atoms with E-state index < -0.39 is 17.3 Å². The van der Waals surface area contributed by atoms with Crippen LogP contribution in [0.3, 0.4) is 0 Å². The van der Waals surface area contributed by atoms with Gasteiger partial charge >= 0.3 is 17.3 Å². The van der Waals surface area contributed by atoms with Crippen LogP contribution in [-0.4, -0.2) is 25.0 Å². The first-order chi connectivity index (χ1) is 8.43. The van der Waals surface area contributed by atoms with Gasteiger partial charge in [-0.1, -0.05) is 0 Å². The molecule has 1 heterocycles. The molecule has 2 aromatic rings. The van der Waals surface area contributed by atoms with Gasteiger partial charge in [0.25, 0.3) is 0 Å². The standard InChI is InChI=1S/C11H11N3O4/c1-12-10(17)13(2)14(11(12)18)8-5-3-7(4-6-8)9(15)16/h3-6H,1-2H3,(H,15,16). The van der Waals surface area contributed by atoms with Gasteiger partial charge < -0.3 is 5.11 Å². The molecule has 2 rings (SSSR count). The van der Waals surface area contributed by atoms with Gasteiger partial charge in [0.15, 0.2) is 0 Å². The molecule has 1 N–H and O–H groups in total. The van der Waals surface area contributed by atoms with Gasteiger partial charge in [-0.2, -0.15) is 4.68 Å². The predicted molar refractivity (Wildman–Crippen MR) is 63.2 cm³/mol. The SMILES string of the molecule is Cn1c(=O)n(C)n(-c2ccc(C(=O)O)cc2)c1=O. The number of benzene rings is 1. The summed E-state index contributed by atoms with van der Waals surface area (Å²) in [5.41, 5.74) is -0.370. The van der Waals surface area contributed by atoms with E-state index in [4.69, 9.17) is 5.11 Å². The Morgan fingerprint density at radius 3 is 2.00 bits per heavy atom. The Labute approximate surface area is 101 Å². The average molecular weight is 249 g/mol.